The van der Waals surface area contributed by atoms with Crippen LogP contribution in [0.1, 0.15) is 5.76 Å². The minimum absolute atomic E-state index is 0.317. The smallest absolute Gasteiger partial charge is 0.189 e. The Balaban J connectivity index is 1.98. The summed E-state index contributed by atoms with van der Waals surface area (Å²) in [5, 5.41) is 7.36. The number of aryl methyl sites for hydroxylation is 1. The van der Waals surface area contributed by atoms with E-state index in [1.165, 1.54) is 17.4 Å². The van der Waals surface area contributed by atoms with E-state index in [2.05, 4.69) is 15.5 Å². The summed E-state index contributed by atoms with van der Waals surface area (Å²) in [6.45, 7) is 1.80. The van der Waals surface area contributed by atoms with Crippen molar-refractivity contribution in [2.45, 2.75) is 6.92 Å². The Hall–Kier alpha value is -1.95. The molecular weight excluding hydrogens is 241 g/mol. The first-order valence-corrected chi connectivity index (χ1v) is 5.79. The highest BCUT2D eigenvalue weighted by atomic mass is 32.1. The molecule has 0 aliphatic rings. The van der Waals surface area contributed by atoms with Gasteiger partial charge >= 0.3 is 0 Å². The Morgan fingerprint density at radius 1 is 1.41 bits per heavy atom. The van der Waals surface area contributed by atoms with E-state index in [9.17, 15) is 4.39 Å². The van der Waals surface area contributed by atoms with Crippen molar-refractivity contribution in [1.29, 1.82) is 0 Å². The summed E-state index contributed by atoms with van der Waals surface area (Å²) in [4.78, 5) is 4.17. The quantitative estimate of drug-likeness (QED) is 0.755. The third-order valence-electron chi connectivity index (χ3n) is 2.23. The monoisotopic (exact) mass is 249 g/mol. The fourth-order valence-corrected chi connectivity index (χ4v) is 2.39. The number of rotatable bonds is 2. The van der Waals surface area contributed by atoms with Crippen LogP contribution in [0.25, 0.3) is 10.2 Å². The Bertz CT molecular complexity index is 676. The van der Waals surface area contributed by atoms with Gasteiger partial charge in [-0.2, -0.15) is 0 Å². The van der Waals surface area contributed by atoms with E-state index in [1.807, 2.05) is 6.07 Å². The van der Waals surface area contributed by atoms with Crippen molar-refractivity contribution in [2.24, 2.45) is 0 Å². The van der Waals surface area contributed by atoms with E-state index in [-0.39, 0.29) is 5.82 Å². The van der Waals surface area contributed by atoms with Crippen LogP contribution in [0.15, 0.2) is 28.8 Å². The summed E-state index contributed by atoms with van der Waals surface area (Å²) in [6.07, 6.45) is 0. The molecule has 2 heterocycles. The number of nitrogens with zero attached hydrogens (tertiary/aromatic N) is 2. The molecule has 1 aromatic carbocycles. The normalized spacial score (nSPS) is 10.9. The maximum atomic E-state index is 13.4. The zero-order valence-corrected chi connectivity index (χ0v) is 9.71. The molecular formula is C11H8FN3OS. The first-order valence-electron chi connectivity index (χ1n) is 4.98. The lowest BCUT2D eigenvalue weighted by molar-refractivity contribution is 0.400. The van der Waals surface area contributed by atoms with Crippen molar-refractivity contribution in [3.63, 3.8) is 0 Å². The number of para-hydroxylation sites is 1. The molecule has 0 aliphatic heterocycles. The van der Waals surface area contributed by atoms with E-state index < -0.39 is 0 Å². The number of aromatic nitrogens is 2. The molecule has 0 fully saturated rings. The van der Waals surface area contributed by atoms with Crippen LogP contribution in [-0.2, 0) is 0 Å². The third-order valence-corrected chi connectivity index (χ3v) is 3.17. The van der Waals surface area contributed by atoms with E-state index in [0.29, 0.717) is 22.2 Å². The van der Waals surface area contributed by atoms with Crippen LogP contribution in [0.5, 0.6) is 0 Å². The van der Waals surface area contributed by atoms with Gasteiger partial charge in [-0.05, 0) is 19.1 Å². The summed E-state index contributed by atoms with van der Waals surface area (Å²) in [7, 11) is 0. The lowest BCUT2D eigenvalue weighted by Crippen LogP contribution is -1.88. The Morgan fingerprint density at radius 2 is 2.29 bits per heavy atom. The fraction of sp³-hybridized carbons (Fsp3) is 0.0909. The van der Waals surface area contributed by atoms with Crippen molar-refractivity contribution in [3.8, 4) is 0 Å². The second-order valence-corrected chi connectivity index (χ2v) is 4.58. The Labute approximate surface area is 100 Å². The predicted molar refractivity (Wildman–Crippen MR) is 64.1 cm³/mol. The molecule has 86 valence electrons. The maximum absolute atomic E-state index is 13.4. The molecule has 0 radical (unpaired) electrons. The molecule has 6 heteroatoms. The second kappa shape index (κ2) is 3.81. The molecule has 1 N–H and O–H groups in total. The largest absolute Gasteiger partial charge is 0.360 e. The summed E-state index contributed by atoms with van der Waals surface area (Å²) in [5.74, 6) is 0.963. The Kier molecular flexibility index (Phi) is 2.29. The van der Waals surface area contributed by atoms with Crippen LogP contribution in [0.3, 0.4) is 0 Å². The standard InChI is InChI=1S/C11H8FN3OS/c1-6-5-9(15-16-6)13-11-14-10-7(12)3-2-4-8(10)17-11/h2-5H,1H3,(H,13,14,15). The lowest BCUT2D eigenvalue weighted by atomic mass is 10.3. The molecule has 0 unspecified atom stereocenters. The minimum Gasteiger partial charge on any atom is -0.360 e. The third kappa shape index (κ3) is 1.87. The van der Waals surface area contributed by atoms with Gasteiger partial charge in [0.25, 0.3) is 0 Å². The second-order valence-electron chi connectivity index (χ2n) is 3.55. The molecule has 0 aliphatic carbocycles. The van der Waals surface area contributed by atoms with Gasteiger partial charge < -0.3 is 9.84 Å². The van der Waals surface area contributed by atoms with Crippen LogP contribution in [0, 0.1) is 12.7 Å². The summed E-state index contributed by atoms with van der Waals surface area (Å²) in [6, 6.07) is 6.64. The molecule has 0 amide bonds. The lowest BCUT2D eigenvalue weighted by Gasteiger charge is -1.92. The van der Waals surface area contributed by atoms with Gasteiger partial charge in [0.15, 0.2) is 10.9 Å². The van der Waals surface area contributed by atoms with E-state index >= 15 is 0 Å². The van der Waals surface area contributed by atoms with Crippen molar-refractivity contribution >= 4 is 32.5 Å². The average Bonchev–Trinajstić information content (AvgIpc) is 2.86. The first-order chi connectivity index (χ1) is 8.22. The van der Waals surface area contributed by atoms with E-state index in [0.717, 1.165) is 4.70 Å². The Morgan fingerprint density at radius 3 is 3.00 bits per heavy atom. The molecule has 3 aromatic rings. The predicted octanol–water partition coefficient (Wildman–Crippen LogP) is 3.48. The fourth-order valence-electron chi connectivity index (χ4n) is 1.50. The number of anilines is 2. The molecule has 3 rings (SSSR count). The van der Waals surface area contributed by atoms with Crippen LogP contribution in [0.2, 0.25) is 0 Å². The molecule has 0 bridgehead atoms. The van der Waals surface area contributed by atoms with Crippen molar-refractivity contribution in [3.05, 3.63) is 35.8 Å². The molecule has 0 saturated carbocycles. The van der Waals surface area contributed by atoms with Gasteiger partial charge in [0, 0.05) is 6.07 Å². The molecule has 2 aromatic heterocycles. The molecule has 17 heavy (non-hydrogen) atoms. The number of fused-ring (bicyclic) bond motifs is 1. The SMILES string of the molecule is Cc1cc(Nc2nc3c(F)cccc3s2)no1. The van der Waals surface area contributed by atoms with Crippen molar-refractivity contribution < 1.29 is 8.91 Å². The summed E-state index contributed by atoms with van der Waals surface area (Å²) < 4.78 is 19.1. The van der Waals surface area contributed by atoms with Gasteiger partial charge in [0.2, 0.25) is 0 Å². The number of hydrogen-bond donors (Lipinski definition) is 1. The van der Waals surface area contributed by atoms with Gasteiger partial charge in [-0.3, -0.25) is 0 Å². The number of benzene rings is 1. The van der Waals surface area contributed by atoms with Gasteiger partial charge in [0.1, 0.15) is 17.1 Å². The zero-order valence-electron chi connectivity index (χ0n) is 8.90. The van der Waals surface area contributed by atoms with E-state index in [4.69, 9.17) is 4.52 Å². The summed E-state index contributed by atoms with van der Waals surface area (Å²) in [5.41, 5.74) is 0.375. The zero-order chi connectivity index (χ0) is 11.8. The van der Waals surface area contributed by atoms with Crippen molar-refractivity contribution in [1.82, 2.24) is 10.1 Å². The highest BCUT2D eigenvalue weighted by Crippen LogP contribution is 2.29. The van der Waals surface area contributed by atoms with Gasteiger partial charge in [-0.25, -0.2) is 9.37 Å². The number of nitrogens with one attached hydrogen (secondary N) is 1. The molecule has 0 saturated heterocycles. The topological polar surface area (TPSA) is 51.0 Å². The molecule has 0 atom stereocenters. The van der Waals surface area contributed by atoms with Gasteiger partial charge in [-0.15, -0.1) is 0 Å². The minimum atomic E-state index is -0.317. The number of thiazole rings is 1. The number of hydrogen-bond acceptors (Lipinski definition) is 5. The van der Waals surface area contributed by atoms with Gasteiger partial charge in [-0.1, -0.05) is 22.6 Å². The maximum Gasteiger partial charge on any atom is 0.189 e. The van der Waals surface area contributed by atoms with Crippen LogP contribution in [-0.4, -0.2) is 10.1 Å². The highest BCUT2D eigenvalue weighted by Gasteiger charge is 2.09. The van der Waals surface area contributed by atoms with Crippen molar-refractivity contribution in [2.75, 3.05) is 5.32 Å². The van der Waals surface area contributed by atoms with Gasteiger partial charge in [0.05, 0.1) is 4.70 Å². The van der Waals surface area contributed by atoms with Crippen LogP contribution < -0.4 is 5.32 Å². The molecule has 4 nitrogen and oxygen atoms in total. The number of halogens is 1. The van der Waals surface area contributed by atoms with Crippen LogP contribution >= 0.6 is 11.3 Å². The highest BCUT2D eigenvalue weighted by molar-refractivity contribution is 7.22. The first kappa shape index (κ1) is 10.2. The average molecular weight is 249 g/mol. The van der Waals surface area contributed by atoms with E-state index in [1.54, 1.807) is 19.1 Å². The van der Waals surface area contributed by atoms with Crippen LogP contribution in [0.4, 0.5) is 15.3 Å². The molecule has 0 spiro atoms. The summed E-state index contributed by atoms with van der Waals surface area (Å²) >= 11 is 1.37.